The molecule has 0 amide bonds. The molecule has 3 aromatic rings. The molecule has 0 atom stereocenters. The summed E-state index contributed by atoms with van der Waals surface area (Å²) in [6.07, 6.45) is 18.3. The Hall–Kier alpha value is -3.72. The van der Waals surface area contributed by atoms with Gasteiger partial charge in [-0.3, -0.25) is 9.38 Å². The maximum absolute atomic E-state index is 9.54. The molecule has 0 spiro atoms. The molecule has 3 aromatic heterocycles. The second-order valence-corrected chi connectivity index (χ2v) is 5.41. The van der Waals surface area contributed by atoms with Gasteiger partial charge in [-0.25, -0.2) is 9.97 Å². The number of allylic oxidation sites excluding steroid dienone is 5. The standard InChI is InChI=1S/C20H18N6/c1-2-3-4-5-6-9-17-18(13-21)26-12-11-23-20(26)19(25-17)24-15-16-8-7-10-22-14-16/h2-12,14H,15H2,1H3,(H,24,25)/b3-2-,5-4-,9-6+. The fraction of sp³-hybridized carbons (Fsp3) is 0.100. The highest BCUT2D eigenvalue weighted by atomic mass is 15.1. The number of rotatable bonds is 6. The molecule has 26 heavy (non-hydrogen) atoms. The summed E-state index contributed by atoms with van der Waals surface area (Å²) in [5.41, 5.74) is 2.68. The first kappa shape index (κ1) is 17.1. The van der Waals surface area contributed by atoms with E-state index in [0.717, 1.165) is 5.56 Å². The predicted octanol–water partition coefficient (Wildman–Crippen LogP) is 3.75. The van der Waals surface area contributed by atoms with E-state index in [4.69, 9.17) is 0 Å². The highest BCUT2D eigenvalue weighted by Gasteiger charge is 2.12. The van der Waals surface area contributed by atoms with Crippen LogP contribution in [0, 0.1) is 11.3 Å². The number of hydrogen-bond donors (Lipinski definition) is 1. The zero-order chi connectivity index (χ0) is 18.2. The first-order valence-corrected chi connectivity index (χ1v) is 8.19. The molecule has 0 aromatic carbocycles. The number of hydrogen-bond acceptors (Lipinski definition) is 5. The summed E-state index contributed by atoms with van der Waals surface area (Å²) in [5.74, 6) is 0.620. The molecule has 0 bridgehead atoms. The lowest BCUT2D eigenvalue weighted by Crippen LogP contribution is -2.08. The molecule has 0 fully saturated rings. The van der Waals surface area contributed by atoms with Crippen molar-refractivity contribution < 1.29 is 0 Å². The molecule has 1 N–H and O–H groups in total. The number of pyridine rings is 1. The van der Waals surface area contributed by atoms with Crippen LogP contribution in [0.1, 0.15) is 23.9 Å². The van der Waals surface area contributed by atoms with Crippen LogP contribution in [0.2, 0.25) is 0 Å². The molecule has 0 saturated carbocycles. The van der Waals surface area contributed by atoms with Gasteiger partial charge in [0.15, 0.2) is 17.2 Å². The maximum atomic E-state index is 9.54. The van der Waals surface area contributed by atoms with Gasteiger partial charge in [-0.15, -0.1) is 0 Å². The van der Waals surface area contributed by atoms with Gasteiger partial charge >= 0.3 is 0 Å². The van der Waals surface area contributed by atoms with Crippen molar-refractivity contribution in [2.24, 2.45) is 0 Å². The average Bonchev–Trinajstić information content (AvgIpc) is 3.16. The van der Waals surface area contributed by atoms with E-state index < -0.39 is 0 Å². The SMILES string of the molecule is C\C=C/C=C\C=C\c1nc(NCc2cccnc2)c2nccn2c1C#N. The monoisotopic (exact) mass is 342 g/mol. The topological polar surface area (TPSA) is 78.9 Å². The van der Waals surface area contributed by atoms with E-state index in [1.54, 1.807) is 29.2 Å². The van der Waals surface area contributed by atoms with Crippen LogP contribution in [0.15, 0.2) is 67.3 Å². The Balaban J connectivity index is 1.95. The zero-order valence-electron chi connectivity index (χ0n) is 14.4. The number of nitrogens with zero attached hydrogens (tertiary/aromatic N) is 5. The van der Waals surface area contributed by atoms with Crippen molar-refractivity contribution in [3.8, 4) is 6.07 Å². The first-order chi connectivity index (χ1) is 12.8. The van der Waals surface area contributed by atoms with Crippen LogP contribution in [-0.4, -0.2) is 19.4 Å². The summed E-state index contributed by atoms with van der Waals surface area (Å²) >= 11 is 0. The Morgan fingerprint density at radius 2 is 2.12 bits per heavy atom. The minimum Gasteiger partial charge on any atom is -0.363 e. The number of nitriles is 1. The van der Waals surface area contributed by atoms with Crippen molar-refractivity contribution in [3.63, 3.8) is 0 Å². The van der Waals surface area contributed by atoms with Crippen LogP contribution in [-0.2, 0) is 6.54 Å². The van der Waals surface area contributed by atoms with Crippen molar-refractivity contribution >= 4 is 17.5 Å². The van der Waals surface area contributed by atoms with Crippen LogP contribution >= 0.6 is 0 Å². The normalized spacial score (nSPS) is 11.7. The van der Waals surface area contributed by atoms with Crippen LogP contribution in [0.5, 0.6) is 0 Å². The van der Waals surface area contributed by atoms with Gasteiger partial charge in [-0.2, -0.15) is 5.26 Å². The molecule has 128 valence electrons. The third-order valence-corrected chi connectivity index (χ3v) is 3.64. The summed E-state index contributed by atoms with van der Waals surface area (Å²) in [6, 6.07) is 6.08. The Labute approximate surface area is 151 Å². The fourth-order valence-electron chi connectivity index (χ4n) is 2.43. The van der Waals surface area contributed by atoms with Gasteiger partial charge in [0.1, 0.15) is 11.8 Å². The summed E-state index contributed by atoms with van der Waals surface area (Å²) in [7, 11) is 0. The van der Waals surface area contributed by atoms with Crippen LogP contribution < -0.4 is 5.32 Å². The van der Waals surface area contributed by atoms with Crippen molar-refractivity contribution in [2.75, 3.05) is 5.32 Å². The zero-order valence-corrected chi connectivity index (χ0v) is 14.4. The first-order valence-electron chi connectivity index (χ1n) is 8.19. The molecule has 0 unspecified atom stereocenters. The Morgan fingerprint density at radius 1 is 1.23 bits per heavy atom. The summed E-state index contributed by atoms with van der Waals surface area (Å²) in [6.45, 7) is 2.52. The molecule has 3 rings (SSSR count). The summed E-state index contributed by atoms with van der Waals surface area (Å²) in [4.78, 5) is 13.0. The second-order valence-electron chi connectivity index (χ2n) is 5.41. The van der Waals surface area contributed by atoms with Crippen molar-refractivity contribution in [1.82, 2.24) is 19.4 Å². The predicted molar refractivity (Wildman–Crippen MR) is 102 cm³/mol. The van der Waals surface area contributed by atoms with Gasteiger partial charge in [0.25, 0.3) is 0 Å². The van der Waals surface area contributed by atoms with E-state index in [-0.39, 0.29) is 0 Å². The molecule has 0 aliphatic rings. The van der Waals surface area contributed by atoms with E-state index in [2.05, 4.69) is 26.3 Å². The molecular weight excluding hydrogens is 324 g/mol. The Morgan fingerprint density at radius 3 is 2.88 bits per heavy atom. The lowest BCUT2D eigenvalue weighted by atomic mass is 10.2. The van der Waals surface area contributed by atoms with Crippen molar-refractivity contribution in [1.29, 1.82) is 5.26 Å². The molecule has 0 aliphatic heterocycles. The van der Waals surface area contributed by atoms with E-state index in [9.17, 15) is 5.26 Å². The van der Waals surface area contributed by atoms with Gasteiger partial charge in [0.05, 0.1) is 0 Å². The molecule has 0 aliphatic carbocycles. The molecule has 0 saturated heterocycles. The Bertz CT molecular complexity index is 1010. The highest BCUT2D eigenvalue weighted by Crippen LogP contribution is 2.19. The quantitative estimate of drug-likeness (QED) is 0.690. The average molecular weight is 342 g/mol. The minimum absolute atomic E-state index is 0.445. The largest absolute Gasteiger partial charge is 0.363 e. The summed E-state index contributed by atoms with van der Waals surface area (Å²) in [5, 5.41) is 12.8. The van der Waals surface area contributed by atoms with Crippen LogP contribution in [0.3, 0.4) is 0 Å². The smallest absolute Gasteiger partial charge is 0.181 e. The number of nitrogens with one attached hydrogen (secondary N) is 1. The van der Waals surface area contributed by atoms with Crippen molar-refractivity contribution in [3.05, 3.63) is 84.3 Å². The number of aromatic nitrogens is 4. The molecule has 6 nitrogen and oxygen atoms in total. The molecule has 0 radical (unpaired) electrons. The van der Waals surface area contributed by atoms with Crippen LogP contribution in [0.4, 0.5) is 5.82 Å². The van der Waals surface area contributed by atoms with Crippen molar-refractivity contribution in [2.45, 2.75) is 13.5 Å². The second kappa shape index (κ2) is 8.40. The number of imidazole rings is 1. The van der Waals surface area contributed by atoms with E-state index >= 15 is 0 Å². The summed E-state index contributed by atoms with van der Waals surface area (Å²) < 4.78 is 1.74. The number of anilines is 1. The van der Waals surface area contributed by atoms with Gasteiger partial charge in [-0.1, -0.05) is 36.4 Å². The third-order valence-electron chi connectivity index (χ3n) is 3.64. The van der Waals surface area contributed by atoms with Gasteiger partial charge in [0.2, 0.25) is 0 Å². The maximum Gasteiger partial charge on any atom is 0.181 e. The van der Waals surface area contributed by atoms with Gasteiger partial charge in [-0.05, 0) is 24.6 Å². The van der Waals surface area contributed by atoms with Gasteiger partial charge < -0.3 is 5.32 Å². The van der Waals surface area contributed by atoms with Gasteiger partial charge in [0, 0.05) is 31.3 Å². The van der Waals surface area contributed by atoms with E-state index in [1.165, 1.54) is 0 Å². The highest BCUT2D eigenvalue weighted by molar-refractivity contribution is 5.68. The molecule has 6 heteroatoms. The van der Waals surface area contributed by atoms with Crippen LogP contribution in [0.25, 0.3) is 11.7 Å². The fourth-order valence-corrected chi connectivity index (χ4v) is 2.43. The molecular formula is C20H18N6. The minimum atomic E-state index is 0.445. The lowest BCUT2D eigenvalue weighted by molar-refractivity contribution is 1.04. The molecule has 3 heterocycles. The number of fused-ring (bicyclic) bond motifs is 1. The van der Waals surface area contributed by atoms with E-state index in [0.29, 0.717) is 29.4 Å². The Kier molecular flexibility index (Phi) is 5.53. The third kappa shape index (κ3) is 3.84. The van der Waals surface area contributed by atoms with E-state index in [1.807, 2.05) is 55.5 Å². The lowest BCUT2D eigenvalue weighted by Gasteiger charge is -2.10.